The molecule has 0 aliphatic rings. The fraction of sp³-hybridized carbons (Fsp3) is 0.400. The largest absolute Gasteiger partial charge is 0.391 e. The first kappa shape index (κ1) is 14.9. The summed E-state index contributed by atoms with van der Waals surface area (Å²) in [6, 6.07) is 6.61. The van der Waals surface area contributed by atoms with Crippen molar-refractivity contribution in [2.45, 2.75) is 32.8 Å². The summed E-state index contributed by atoms with van der Waals surface area (Å²) in [5, 5.41) is 10.2. The van der Waals surface area contributed by atoms with Gasteiger partial charge in [0.05, 0.1) is 22.9 Å². The van der Waals surface area contributed by atoms with Crippen LogP contribution in [0.3, 0.4) is 0 Å². The molecule has 1 atom stereocenters. The van der Waals surface area contributed by atoms with Gasteiger partial charge in [-0.3, -0.25) is 0 Å². The number of anilines is 2. The monoisotopic (exact) mass is 294 g/mol. The lowest BCUT2D eigenvalue weighted by Gasteiger charge is -2.16. The third kappa shape index (κ3) is 2.83. The summed E-state index contributed by atoms with van der Waals surface area (Å²) in [5.74, 6) is 0.0111. The Bertz CT molecular complexity index is 585. The van der Waals surface area contributed by atoms with Gasteiger partial charge in [-0.15, -0.1) is 0 Å². The van der Waals surface area contributed by atoms with Crippen LogP contribution in [0.25, 0.3) is 0 Å². The van der Waals surface area contributed by atoms with E-state index in [1.54, 1.807) is 30.1 Å². The summed E-state index contributed by atoms with van der Waals surface area (Å²) < 4.78 is 13.8. The fourth-order valence-electron chi connectivity index (χ4n) is 2.01. The number of rotatable bonds is 5. The zero-order chi connectivity index (χ0) is 14.7. The first-order chi connectivity index (χ1) is 9.58. The lowest BCUT2D eigenvalue weighted by Crippen LogP contribution is -2.11. The molecule has 20 heavy (non-hydrogen) atoms. The zero-order valence-electron chi connectivity index (χ0n) is 11.9. The number of hydrogen-bond donors (Lipinski definition) is 1. The van der Waals surface area contributed by atoms with E-state index in [1.165, 1.54) is 17.4 Å². The van der Waals surface area contributed by atoms with E-state index < -0.39 is 0 Å². The normalized spacial score (nSPS) is 12.4. The van der Waals surface area contributed by atoms with Gasteiger partial charge < -0.3 is 10.0 Å². The molecule has 2 aromatic rings. The van der Waals surface area contributed by atoms with Crippen molar-refractivity contribution in [3.8, 4) is 0 Å². The van der Waals surface area contributed by atoms with Crippen LogP contribution in [-0.4, -0.2) is 17.1 Å². The van der Waals surface area contributed by atoms with E-state index in [0.717, 1.165) is 17.0 Å². The Labute approximate surface area is 122 Å². The van der Waals surface area contributed by atoms with E-state index in [1.807, 2.05) is 0 Å². The van der Waals surface area contributed by atoms with Crippen LogP contribution in [0.15, 0.2) is 24.3 Å². The third-order valence-electron chi connectivity index (χ3n) is 3.44. The standard InChI is InChI=1S/C15H19FN2OS/c1-4-10(2)14-13(9-19)20-15(17-14)18(3)12-8-6-5-7-11(12)16/h5-8,10,19H,4,9H2,1-3H3. The van der Waals surface area contributed by atoms with E-state index in [2.05, 4.69) is 18.8 Å². The number of thiazole rings is 1. The number of aliphatic hydroxyl groups excluding tert-OH is 1. The predicted molar refractivity (Wildman–Crippen MR) is 81.2 cm³/mol. The number of hydrogen-bond acceptors (Lipinski definition) is 4. The van der Waals surface area contributed by atoms with E-state index in [4.69, 9.17) is 0 Å². The quantitative estimate of drug-likeness (QED) is 0.903. The summed E-state index contributed by atoms with van der Waals surface area (Å²) >= 11 is 1.41. The molecule has 3 nitrogen and oxygen atoms in total. The van der Waals surface area contributed by atoms with Crippen LogP contribution in [0.5, 0.6) is 0 Å². The maximum absolute atomic E-state index is 13.8. The molecule has 0 amide bonds. The number of aromatic nitrogens is 1. The Kier molecular flexibility index (Phi) is 4.73. The summed E-state index contributed by atoms with van der Waals surface area (Å²) in [4.78, 5) is 7.17. The number of para-hydroxylation sites is 1. The highest BCUT2D eigenvalue weighted by molar-refractivity contribution is 7.15. The Balaban J connectivity index is 2.38. The van der Waals surface area contributed by atoms with Crippen molar-refractivity contribution in [2.75, 3.05) is 11.9 Å². The van der Waals surface area contributed by atoms with Gasteiger partial charge in [0.2, 0.25) is 0 Å². The van der Waals surface area contributed by atoms with Gasteiger partial charge in [0.1, 0.15) is 5.82 Å². The van der Waals surface area contributed by atoms with E-state index in [9.17, 15) is 9.50 Å². The maximum Gasteiger partial charge on any atom is 0.190 e. The molecule has 2 rings (SSSR count). The molecule has 0 fully saturated rings. The second-order valence-corrected chi connectivity index (χ2v) is 5.84. The highest BCUT2D eigenvalue weighted by atomic mass is 32.1. The molecule has 0 bridgehead atoms. The minimum absolute atomic E-state index is 0.0253. The Hall–Kier alpha value is -1.46. The van der Waals surface area contributed by atoms with E-state index >= 15 is 0 Å². The average Bonchev–Trinajstić information content (AvgIpc) is 2.90. The van der Waals surface area contributed by atoms with E-state index in [0.29, 0.717) is 10.8 Å². The van der Waals surface area contributed by atoms with Gasteiger partial charge in [0.25, 0.3) is 0 Å². The van der Waals surface area contributed by atoms with Crippen molar-refractivity contribution in [3.05, 3.63) is 40.7 Å². The van der Waals surface area contributed by atoms with Crippen molar-refractivity contribution < 1.29 is 9.50 Å². The maximum atomic E-state index is 13.8. The lowest BCUT2D eigenvalue weighted by molar-refractivity contribution is 0.283. The van der Waals surface area contributed by atoms with Crippen LogP contribution in [0, 0.1) is 5.82 Å². The molecule has 0 spiro atoms. The van der Waals surface area contributed by atoms with Gasteiger partial charge in [-0.25, -0.2) is 9.37 Å². The third-order valence-corrected chi connectivity index (χ3v) is 4.57. The van der Waals surface area contributed by atoms with Crippen molar-refractivity contribution in [1.29, 1.82) is 0 Å². The van der Waals surface area contributed by atoms with Gasteiger partial charge in [-0.2, -0.15) is 0 Å². The molecule has 1 heterocycles. The van der Waals surface area contributed by atoms with Gasteiger partial charge in [-0.1, -0.05) is 37.3 Å². The first-order valence-electron chi connectivity index (χ1n) is 6.67. The van der Waals surface area contributed by atoms with Crippen LogP contribution >= 0.6 is 11.3 Å². The SMILES string of the molecule is CCC(C)c1nc(N(C)c2ccccc2F)sc1CO. The van der Waals surface area contributed by atoms with Crippen molar-refractivity contribution in [2.24, 2.45) is 0 Å². The molecule has 0 radical (unpaired) electrons. The minimum atomic E-state index is -0.277. The van der Waals surface area contributed by atoms with Crippen molar-refractivity contribution in [3.63, 3.8) is 0 Å². The van der Waals surface area contributed by atoms with E-state index in [-0.39, 0.29) is 18.3 Å². The Morgan fingerprint density at radius 1 is 1.40 bits per heavy atom. The smallest absolute Gasteiger partial charge is 0.190 e. The van der Waals surface area contributed by atoms with Crippen molar-refractivity contribution >= 4 is 22.2 Å². The highest BCUT2D eigenvalue weighted by Gasteiger charge is 2.19. The molecule has 108 valence electrons. The summed E-state index contributed by atoms with van der Waals surface area (Å²) in [6.45, 7) is 4.15. The molecule has 0 aliphatic carbocycles. The van der Waals surface area contributed by atoms with Gasteiger partial charge >= 0.3 is 0 Å². The number of benzene rings is 1. The molecule has 1 unspecified atom stereocenters. The number of halogens is 1. The summed E-state index contributed by atoms with van der Waals surface area (Å²) in [5.41, 5.74) is 1.40. The number of aliphatic hydroxyl groups is 1. The van der Waals surface area contributed by atoms with Gasteiger partial charge in [0.15, 0.2) is 5.13 Å². The second kappa shape index (κ2) is 6.33. The molecule has 1 aromatic carbocycles. The molecule has 0 saturated carbocycles. The Morgan fingerprint density at radius 3 is 2.70 bits per heavy atom. The van der Waals surface area contributed by atoms with Crippen LogP contribution < -0.4 is 4.90 Å². The van der Waals surface area contributed by atoms with Gasteiger partial charge in [-0.05, 0) is 24.5 Å². The molecule has 1 aromatic heterocycles. The highest BCUT2D eigenvalue weighted by Crippen LogP contribution is 2.35. The van der Waals surface area contributed by atoms with Gasteiger partial charge in [0, 0.05) is 7.05 Å². The fourth-order valence-corrected chi connectivity index (χ4v) is 3.03. The van der Waals surface area contributed by atoms with Crippen LogP contribution in [0.4, 0.5) is 15.2 Å². The molecule has 1 N–H and O–H groups in total. The predicted octanol–water partition coefficient (Wildman–Crippen LogP) is 4.06. The first-order valence-corrected chi connectivity index (χ1v) is 7.48. The summed E-state index contributed by atoms with van der Waals surface area (Å²) in [6.07, 6.45) is 0.958. The second-order valence-electron chi connectivity index (χ2n) is 4.78. The molecule has 5 heteroatoms. The molecular weight excluding hydrogens is 275 g/mol. The molecule has 0 aliphatic heterocycles. The molecule has 0 saturated heterocycles. The zero-order valence-corrected chi connectivity index (χ0v) is 12.7. The Morgan fingerprint density at radius 2 is 2.10 bits per heavy atom. The topological polar surface area (TPSA) is 36.4 Å². The average molecular weight is 294 g/mol. The van der Waals surface area contributed by atoms with Crippen LogP contribution in [0.2, 0.25) is 0 Å². The van der Waals surface area contributed by atoms with Crippen molar-refractivity contribution in [1.82, 2.24) is 4.98 Å². The summed E-state index contributed by atoms with van der Waals surface area (Å²) in [7, 11) is 1.79. The van der Waals surface area contributed by atoms with Crippen LogP contribution in [0.1, 0.15) is 36.8 Å². The van der Waals surface area contributed by atoms with Crippen LogP contribution in [-0.2, 0) is 6.61 Å². The number of nitrogens with zero attached hydrogens (tertiary/aromatic N) is 2. The lowest BCUT2D eigenvalue weighted by atomic mass is 10.0. The molecular formula is C15H19FN2OS. The minimum Gasteiger partial charge on any atom is -0.391 e.